The number of nitrogens with one attached hydrogen (secondary N) is 1. The van der Waals surface area contributed by atoms with Gasteiger partial charge in [0.1, 0.15) is 11.6 Å². The maximum absolute atomic E-state index is 13.3. The molecule has 0 saturated carbocycles. The van der Waals surface area contributed by atoms with Crippen molar-refractivity contribution in [2.45, 2.75) is 6.54 Å². The van der Waals surface area contributed by atoms with Gasteiger partial charge in [0.25, 0.3) is 0 Å². The van der Waals surface area contributed by atoms with Crippen LogP contribution in [0.25, 0.3) is 0 Å². The molecule has 1 heterocycles. The van der Waals surface area contributed by atoms with Gasteiger partial charge in [0.05, 0.1) is 16.7 Å². The second kappa shape index (κ2) is 5.01. The van der Waals surface area contributed by atoms with E-state index in [9.17, 15) is 4.39 Å². The summed E-state index contributed by atoms with van der Waals surface area (Å²) in [7, 11) is 0. The molecule has 0 saturated heterocycles. The van der Waals surface area contributed by atoms with Crippen molar-refractivity contribution in [2.24, 2.45) is 0 Å². The minimum atomic E-state index is -0.271. The molecule has 0 aliphatic heterocycles. The summed E-state index contributed by atoms with van der Waals surface area (Å²) in [5, 5.41) is 2.96. The van der Waals surface area contributed by atoms with Crippen molar-refractivity contribution < 1.29 is 8.81 Å². The molecule has 84 valence electrons. The average Bonchev–Trinajstić information content (AvgIpc) is 2.57. The molecule has 0 aliphatic carbocycles. The minimum Gasteiger partial charge on any atom is -0.451 e. The Balaban J connectivity index is 2.05. The van der Waals surface area contributed by atoms with Crippen molar-refractivity contribution in [1.82, 2.24) is 0 Å². The van der Waals surface area contributed by atoms with Gasteiger partial charge in [-0.15, -0.1) is 0 Å². The largest absolute Gasteiger partial charge is 0.451 e. The first-order valence-corrected chi connectivity index (χ1v) is 6.17. The highest BCUT2D eigenvalue weighted by Gasteiger charge is 2.06. The molecule has 2 nitrogen and oxygen atoms in total. The van der Waals surface area contributed by atoms with Gasteiger partial charge < -0.3 is 9.73 Å². The SMILES string of the molecule is Fc1ccccc1NCc1cc(Br)c(Br)o1. The van der Waals surface area contributed by atoms with E-state index in [2.05, 4.69) is 37.2 Å². The number of furan rings is 1. The normalized spacial score (nSPS) is 10.4. The van der Waals surface area contributed by atoms with E-state index in [1.807, 2.05) is 6.07 Å². The van der Waals surface area contributed by atoms with Gasteiger partial charge in [-0.25, -0.2) is 4.39 Å². The zero-order valence-corrected chi connectivity index (χ0v) is 11.3. The lowest BCUT2D eigenvalue weighted by Gasteiger charge is -2.04. The van der Waals surface area contributed by atoms with Gasteiger partial charge in [0.15, 0.2) is 4.67 Å². The molecule has 5 heteroatoms. The number of hydrogen-bond acceptors (Lipinski definition) is 2. The first-order chi connectivity index (χ1) is 7.66. The monoisotopic (exact) mass is 347 g/mol. The molecule has 0 bridgehead atoms. The fraction of sp³-hybridized carbons (Fsp3) is 0.0909. The Morgan fingerprint density at radius 3 is 2.62 bits per heavy atom. The highest BCUT2D eigenvalue weighted by molar-refractivity contribution is 9.13. The summed E-state index contributed by atoms with van der Waals surface area (Å²) in [5.74, 6) is 0.453. The minimum absolute atomic E-state index is 0.271. The van der Waals surface area contributed by atoms with Crippen LogP contribution in [0.2, 0.25) is 0 Å². The van der Waals surface area contributed by atoms with Crippen LogP contribution in [0.1, 0.15) is 5.76 Å². The fourth-order valence-corrected chi connectivity index (χ4v) is 1.92. The van der Waals surface area contributed by atoms with Gasteiger partial charge >= 0.3 is 0 Å². The molecular weight excluding hydrogens is 341 g/mol. The third-order valence-corrected chi connectivity index (χ3v) is 3.73. The van der Waals surface area contributed by atoms with Crippen molar-refractivity contribution in [2.75, 3.05) is 5.32 Å². The van der Waals surface area contributed by atoms with E-state index >= 15 is 0 Å². The van der Waals surface area contributed by atoms with E-state index in [0.717, 1.165) is 10.2 Å². The van der Waals surface area contributed by atoms with E-state index in [1.165, 1.54) is 6.07 Å². The van der Waals surface area contributed by atoms with Crippen LogP contribution in [-0.2, 0) is 6.54 Å². The summed E-state index contributed by atoms with van der Waals surface area (Å²) < 4.78 is 20.1. The number of hydrogen-bond donors (Lipinski definition) is 1. The summed E-state index contributed by atoms with van der Waals surface area (Å²) in [5.41, 5.74) is 0.464. The first-order valence-electron chi connectivity index (χ1n) is 4.59. The zero-order valence-electron chi connectivity index (χ0n) is 8.14. The summed E-state index contributed by atoms with van der Waals surface area (Å²) in [6.45, 7) is 0.436. The van der Waals surface area contributed by atoms with Gasteiger partial charge in [-0.3, -0.25) is 0 Å². The van der Waals surface area contributed by atoms with E-state index < -0.39 is 0 Å². The van der Waals surface area contributed by atoms with Crippen LogP contribution in [0.4, 0.5) is 10.1 Å². The summed E-state index contributed by atoms with van der Waals surface area (Å²) in [6.07, 6.45) is 0. The molecule has 0 aliphatic rings. The molecule has 16 heavy (non-hydrogen) atoms. The van der Waals surface area contributed by atoms with Crippen LogP contribution in [0.5, 0.6) is 0 Å². The first kappa shape index (κ1) is 11.7. The second-order valence-corrected chi connectivity index (χ2v) is 4.74. The van der Waals surface area contributed by atoms with Crippen molar-refractivity contribution in [3.8, 4) is 0 Å². The van der Waals surface area contributed by atoms with Crippen LogP contribution in [0.3, 0.4) is 0 Å². The average molecular weight is 349 g/mol. The summed E-state index contributed by atoms with van der Waals surface area (Å²) >= 11 is 6.56. The van der Waals surface area contributed by atoms with Crippen molar-refractivity contribution in [3.63, 3.8) is 0 Å². The smallest absolute Gasteiger partial charge is 0.183 e. The molecule has 0 fully saturated rings. The summed E-state index contributed by atoms with van der Waals surface area (Å²) in [4.78, 5) is 0. The Bertz CT molecular complexity index is 479. The highest BCUT2D eigenvalue weighted by Crippen LogP contribution is 2.27. The van der Waals surface area contributed by atoms with Crippen molar-refractivity contribution in [1.29, 1.82) is 0 Å². The lowest BCUT2D eigenvalue weighted by atomic mass is 10.3. The van der Waals surface area contributed by atoms with Gasteiger partial charge in [-0.2, -0.15) is 0 Å². The standard InChI is InChI=1S/C11H8Br2FNO/c12-8-5-7(16-11(8)13)6-15-10-4-2-1-3-9(10)14/h1-5,15H,6H2. The molecule has 2 rings (SSSR count). The lowest BCUT2D eigenvalue weighted by Crippen LogP contribution is -1.99. The molecule has 1 N–H and O–H groups in total. The highest BCUT2D eigenvalue weighted by atomic mass is 79.9. The third-order valence-electron chi connectivity index (χ3n) is 2.02. The number of para-hydroxylation sites is 1. The van der Waals surface area contributed by atoms with Crippen LogP contribution in [-0.4, -0.2) is 0 Å². The van der Waals surface area contributed by atoms with Gasteiger partial charge in [-0.05, 0) is 50.1 Å². The van der Waals surface area contributed by atoms with Gasteiger partial charge in [0, 0.05) is 0 Å². The molecular formula is C11H8Br2FNO. The predicted molar refractivity (Wildman–Crippen MR) is 67.8 cm³/mol. The predicted octanol–water partition coefficient (Wildman–Crippen LogP) is 4.56. The van der Waals surface area contributed by atoms with Crippen molar-refractivity contribution in [3.05, 3.63) is 51.1 Å². The number of rotatable bonds is 3. The Morgan fingerprint density at radius 1 is 1.25 bits per heavy atom. The van der Waals surface area contributed by atoms with Gasteiger partial charge in [-0.1, -0.05) is 12.1 Å². The fourth-order valence-electron chi connectivity index (χ4n) is 1.27. The quantitative estimate of drug-likeness (QED) is 0.879. The van der Waals surface area contributed by atoms with E-state index in [1.54, 1.807) is 18.2 Å². The van der Waals surface area contributed by atoms with E-state index in [0.29, 0.717) is 16.9 Å². The Kier molecular flexibility index (Phi) is 3.66. The molecule has 1 aromatic heterocycles. The van der Waals surface area contributed by atoms with Crippen LogP contribution in [0, 0.1) is 5.82 Å². The Hall–Kier alpha value is -0.810. The Labute approximate surface area is 109 Å². The van der Waals surface area contributed by atoms with E-state index in [-0.39, 0.29) is 5.82 Å². The molecule has 0 atom stereocenters. The summed E-state index contributed by atoms with van der Waals surface area (Å²) in [6, 6.07) is 8.36. The molecule has 0 radical (unpaired) electrons. The van der Waals surface area contributed by atoms with E-state index in [4.69, 9.17) is 4.42 Å². The maximum atomic E-state index is 13.3. The number of anilines is 1. The lowest BCUT2D eigenvalue weighted by molar-refractivity contribution is 0.493. The topological polar surface area (TPSA) is 25.2 Å². The van der Waals surface area contributed by atoms with Crippen LogP contribution >= 0.6 is 31.9 Å². The van der Waals surface area contributed by atoms with Crippen LogP contribution in [0.15, 0.2) is 43.9 Å². The van der Waals surface area contributed by atoms with Crippen LogP contribution < -0.4 is 5.32 Å². The molecule has 0 spiro atoms. The second-order valence-electron chi connectivity index (χ2n) is 3.17. The molecule has 0 unspecified atom stereocenters. The number of benzene rings is 1. The molecule has 2 aromatic rings. The molecule has 0 amide bonds. The maximum Gasteiger partial charge on any atom is 0.183 e. The van der Waals surface area contributed by atoms with Gasteiger partial charge in [0.2, 0.25) is 0 Å². The zero-order chi connectivity index (χ0) is 11.5. The van der Waals surface area contributed by atoms with Crippen molar-refractivity contribution >= 4 is 37.5 Å². The number of halogens is 3. The third kappa shape index (κ3) is 2.65. The Morgan fingerprint density at radius 2 is 2.00 bits per heavy atom. The molecule has 1 aromatic carbocycles.